The van der Waals surface area contributed by atoms with Gasteiger partial charge in [0.05, 0.1) is 19.3 Å². The second kappa shape index (κ2) is 13.4. The molecule has 0 aliphatic heterocycles. The minimum atomic E-state index is -0.599. The molecule has 0 N–H and O–H groups in total. The number of halogens is 1. The van der Waals surface area contributed by atoms with Crippen molar-refractivity contribution >= 4 is 5.76 Å². The first kappa shape index (κ1) is 29.6. The average Bonchev–Trinajstić information content (AvgIpc) is 3.50. The summed E-state index contributed by atoms with van der Waals surface area (Å²) in [5.74, 6) is 1.68. The van der Waals surface area contributed by atoms with Crippen LogP contribution in [0.15, 0.2) is 103 Å². The fraction of sp³-hybridized carbons (Fsp3) is 0.200. The summed E-state index contributed by atoms with van der Waals surface area (Å²) in [5.41, 5.74) is 3.23. The van der Waals surface area contributed by atoms with Crippen LogP contribution in [0.25, 0.3) is 16.9 Å². The van der Waals surface area contributed by atoms with Crippen LogP contribution in [0.5, 0.6) is 17.2 Å². The minimum Gasteiger partial charge on any atom is -0.493 e. The number of benzene rings is 3. The van der Waals surface area contributed by atoms with Crippen LogP contribution in [0, 0.1) is 5.82 Å². The van der Waals surface area contributed by atoms with Crippen molar-refractivity contribution < 1.29 is 18.6 Å². The normalized spacial score (nSPS) is 12.3. The SMILES string of the molecule is COc1cc2c(cc1OCCCn1cncn1)CC=CC=C2Oc1ccc(-c2cnc(Cc3ccccc3)n(C)c2=O)cc1F. The molecule has 9 nitrogen and oxygen atoms in total. The van der Waals surface area contributed by atoms with E-state index in [-0.39, 0.29) is 11.3 Å². The molecule has 0 spiro atoms. The zero-order valence-electron chi connectivity index (χ0n) is 25.0. The van der Waals surface area contributed by atoms with Crippen LogP contribution >= 0.6 is 0 Å². The highest BCUT2D eigenvalue weighted by Crippen LogP contribution is 2.37. The fourth-order valence-electron chi connectivity index (χ4n) is 5.15. The van der Waals surface area contributed by atoms with Crippen molar-refractivity contribution in [3.05, 3.63) is 136 Å². The quantitative estimate of drug-likeness (QED) is 0.176. The molecule has 1 aliphatic carbocycles. The summed E-state index contributed by atoms with van der Waals surface area (Å²) in [6.45, 7) is 1.15. The highest BCUT2D eigenvalue weighted by molar-refractivity contribution is 5.71. The van der Waals surface area contributed by atoms with Crippen molar-refractivity contribution in [2.75, 3.05) is 13.7 Å². The zero-order valence-corrected chi connectivity index (χ0v) is 25.0. The first-order valence-corrected chi connectivity index (χ1v) is 14.6. The van der Waals surface area contributed by atoms with Crippen LogP contribution in [0.2, 0.25) is 0 Å². The van der Waals surface area contributed by atoms with Gasteiger partial charge in [0.2, 0.25) is 0 Å². The Bertz CT molecular complexity index is 1920. The van der Waals surface area contributed by atoms with E-state index in [2.05, 4.69) is 15.1 Å². The molecule has 0 radical (unpaired) electrons. The maximum atomic E-state index is 15.5. The second-order valence-electron chi connectivity index (χ2n) is 10.5. The van der Waals surface area contributed by atoms with Gasteiger partial charge in [-0.2, -0.15) is 5.10 Å². The predicted molar refractivity (Wildman–Crippen MR) is 169 cm³/mol. The molecular weight excluding hydrogens is 573 g/mol. The highest BCUT2D eigenvalue weighted by atomic mass is 19.1. The summed E-state index contributed by atoms with van der Waals surface area (Å²) in [6.07, 6.45) is 12.2. The van der Waals surface area contributed by atoms with Crippen molar-refractivity contribution in [2.24, 2.45) is 7.05 Å². The van der Waals surface area contributed by atoms with Crippen LogP contribution in [-0.2, 0) is 26.4 Å². The van der Waals surface area contributed by atoms with E-state index >= 15 is 4.39 Å². The van der Waals surface area contributed by atoms with Gasteiger partial charge in [0.25, 0.3) is 5.56 Å². The van der Waals surface area contributed by atoms with E-state index in [0.717, 1.165) is 23.1 Å². The summed E-state index contributed by atoms with van der Waals surface area (Å²) < 4.78 is 36.6. The topological polar surface area (TPSA) is 93.3 Å². The van der Waals surface area contributed by atoms with E-state index in [0.29, 0.717) is 60.2 Å². The molecule has 6 rings (SSSR count). The van der Waals surface area contributed by atoms with Gasteiger partial charge in [0.1, 0.15) is 24.2 Å². The van der Waals surface area contributed by atoms with Crippen molar-refractivity contribution in [1.82, 2.24) is 24.3 Å². The molecule has 2 aromatic heterocycles. The van der Waals surface area contributed by atoms with E-state index in [4.69, 9.17) is 14.2 Å². The van der Waals surface area contributed by atoms with Crippen LogP contribution in [0.3, 0.4) is 0 Å². The van der Waals surface area contributed by atoms with Crippen molar-refractivity contribution in [1.29, 1.82) is 0 Å². The van der Waals surface area contributed by atoms with E-state index in [1.54, 1.807) is 37.3 Å². The molecule has 2 heterocycles. The summed E-state index contributed by atoms with van der Waals surface area (Å²) in [4.78, 5) is 21.7. The third-order valence-corrected chi connectivity index (χ3v) is 7.56. The number of fused-ring (bicyclic) bond motifs is 1. The van der Waals surface area contributed by atoms with Crippen LogP contribution in [0.1, 0.15) is 28.9 Å². The lowest BCUT2D eigenvalue weighted by molar-refractivity contribution is 0.280. The number of methoxy groups -OCH3 is 1. The number of nitrogens with zero attached hydrogens (tertiary/aromatic N) is 5. The number of ether oxygens (including phenoxy) is 3. The van der Waals surface area contributed by atoms with Crippen molar-refractivity contribution in [3.63, 3.8) is 0 Å². The molecule has 0 saturated heterocycles. The number of rotatable bonds is 11. The largest absolute Gasteiger partial charge is 0.493 e. The van der Waals surface area contributed by atoms with Gasteiger partial charge >= 0.3 is 0 Å². The molecule has 5 aromatic rings. The summed E-state index contributed by atoms with van der Waals surface area (Å²) in [7, 11) is 3.26. The van der Waals surface area contributed by atoms with Gasteiger partial charge in [-0.1, -0.05) is 48.6 Å². The van der Waals surface area contributed by atoms with Gasteiger partial charge in [-0.05, 0) is 53.5 Å². The Morgan fingerprint density at radius 2 is 1.87 bits per heavy atom. The number of allylic oxidation sites excluding steroid dienone is 3. The molecule has 0 bridgehead atoms. The van der Waals surface area contributed by atoms with Crippen molar-refractivity contribution in [3.8, 4) is 28.4 Å². The van der Waals surface area contributed by atoms with E-state index < -0.39 is 5.82 Å². The molecule has 0 atom stereocenters. The molecule has 0 fully saturated rings. The van der Waals surface area contributed by atoms with Crippen LogP contribution < -0.4 is 19.8 Å². The summed E-state index contributed by atoms with van der Waals surface area (Å²) in [5, 5.41) is 4.11. The Balaban J connectivity index is 1.20. The molecule has 3 aromatic carbocycles. The standard InChI is InChI=1S/C35H32FN5O4/c1-40-34(17-24-9-4-3-5-10-24)38-21-28(35(40)42)26-13-14-31(29(36)18-26)45-30-12-7-6-11-25-19-33(32(43-2)20-27(25)30)44-16-8-15-41-23-37-22-39-41/h3-7,9-10,12-14,18-23H,8,11,15-17H2,1-2H3. The lowest BCUT2D eigenvalue weighted by atomic mass is 10.0. The van der Waals surface area contributed by atoms with Gasteiger partial charge in [-0.15, -0.1) is 0 Å². The Kier molecular flexibility index (Phi) is 8.81. The number of hydrogen-bond acceptors (Lipinski definition) is 7. The molecule has 1 aliphatic rings. The molecule has 0 saturated carbocycles. The molecule has 228 valence electrons. The molecular formula is C35H32FN5O4. The third-order valence-electron chi connectivity index (χ3n) is 7.56. The zero-order chi connectivity index (χ0) is 31.2. The van der Waals surface area contributed by atoms with Gasteiger partial charge in [-0.3, -0.25) is 14.0 Å². The average molecular weight is 606 g/mol. The third kappa shape index (κ3) is 6.70. The van der Waals surface area contributed by atoms with E-state index in [9.17, 15) is 4.79 Å². The minimum absolute atomic E-state index is 0.0316. The highest BCUT2D eigenvalue weighted by Gasteiger charge is 2.19. The molecule has 10 heteroatoms. The van der Waals surface area contributed by atoms with Crippen molar-refractivity contribution in [2.45, 2.75) is 25.8 Å². The fourth-order valence-corrected chi connectivity index (χ4v) is 5.15. The van der Waals surface area contributed by atoms with Crippen LogP contribution in [-0.4, -0.2) is 38.0 Å². The lowest BCUT2D eigenvalue weighted by Crippen LogP contribution is -2.23. The number of hydrogen-bond donors (Lipinski definition) is 0. The van der Waals surface area contributed by atoms with Gasteiger partial charge in [0, 0.05) is 38.2 Å². The monoisotopic (exact) mass is 605 g/mol. The molecule has 0 unspecified atom stereocenters. The Morgan fingerprint density at radius 3 is 2.64 bits per heavy atom. The van der Waals surface area contributed by atoms with E-state index in [1.807, 2.05) is 54.6 Å². The molecule has 0 amide bonds. The van der Waals surface area contributed by atoms with Gasteiger partial charge in [-0.25, -0.2) is 14.4 Å². The Hall–Kier alpha value is -5.51. The Morgan fingerprint density at radius 1 is 1.00 bits per heavy atom. The first-order valence-electron chi connectivity index (χ1n) is 14.6. The molecule has 45 heavy (non-hydrogen) atoms. The smallest absolute Gasteiger partial charge is 0.261 e. The maximum absolute atomic E-state index is 15.5. The Labute approximate surface area is 259 Å². The summed E-state index contributed by atoms with van der Waals surface area (Å²) >= 11 is 0. The van der Waals surface area contributed by atoms with Gasteiger partial charge in [0.15, 0.2) is 23.1 Å². The van der Waals surface area contributed by atoms with Crippen LogP contribution in [0.4, 0.5) is 4.39 Å². The number of aromatic nitrogens is 5. The lowest BCUT2D eigenvalue weighted by Gasteiger charge is -2.18. The second-order valence-corrected chi connectivity index (χ2v) is 10.5. The predicted octanol–water partition coefficient (Wildman–Crippen LogP) is 5.78. The number of aryl methyl sites for hydroxylation is 1. The van der Waals surface area contributed by atoms with Gasteiger partial charge < -0.3 is 14.2 Å². The maximum Gasteiger partial charge on any atom is 0.261 e. The first-order chi connectivity index (χ1) is 22.0. The van der Waals surface area contributed by atoms with E-state index in [1.165, 1.54) is 29.2 Å². The summed E-state index contributed by atoms with van der Waals surface area (Å²) in [6, 6.07) is 18.1.